The van der Waals surface area contributed by atoms with E-state index in [2.05, 4.69) is 11.4 Å². The Labute approximate surface area is 128 Å². The van der Waals surface area contributed by atoms with Crippen LogP contribution in [0.15, 0.2) is 47.3 Å². The van der Waals surface area contributed by atoms with Gasteiger partial charge in [-0.3, -0.25) is 9.59 Å². The third-order valence-corrected chi connectivity index (χ3v) is 3.82. The van der Waals surface area contributed by atoms with Crippen LogP contribution in [0.1, 0.15) is 28.8 Å². The Balaban J connectivity index is 1.56. The second-order valence-corrected chi connectivity index (χ2v) is 5.30. The summed E-state index contributed by atoms with van der Waals surface area (Å²) < 4.78 is 4.86. The molecular formula is C17H18N2O3. The molecule has 0 bridgehead atoms. The summed E-state index contributed by atoms with van der Waals surface area (Å²) in [6.45, 7) is 1.06. The SMILES string of the molecule is O=C(NCCC(=O)N1CCCc2ccccc21)c1ccoc1. The first kappa shape index (κ1) is 14.4. The predicted octanol–water partition coefficient (Wildman–Crippen LogP) is 2.38. The van der Waals surface area contributed by atoms with Gasteiger partial charge in [-0.15, -0.1) is 0 Å². The first-order chi connectivity index (χ1) is 10.8. The summed E-state index contributed by atoms with van der Waals surface area (Å²) in [5.74, 6) is -0.180. The van der Waals surface area contributed by atoms with Crippen LogP contribution in [0.4, 0.5) is 5.69 Å². The molecule has 5 nitrogen and oxygen atoms in total. The molecule has 0 spiro atoms. The molecule has 0 saturated carbocycles. The normalized spacial score (nSPS) is 13.5. The number of carbonyl (C=O) groups is 2. The summed E-state index contributed by atoms with van der Waals surface area (Å²) in [6.07, 6.45) is 5.11. The molecule has 114 valence electrons. The fourth-order valence-corrected chi connectivity index (χ4v) is 2.71. The Kier molecular flexibility index (Phi) is 4.23. The minimum Gasteiger partial charge on any atom is -0.472 e. The molecule has 1 aliphatic heterocycles. The van der Waals surface area contributed by atoms with E-state index in [1.54, 1.807) is 6.07 Å². The largest absolute Gasteiger partial charge is 0.472 e. The third-order valence-electron chi connectivity index (χ3n) is 3.82. The van der Waals surface area contributed by atoms with E-state index in [-0.39, 0.29) is 18.2 Å². The summed E-state index contributed by atoms with van der Waals surface area (Å²) >= 11 is 0. The third kappa shape index (κ3) is 3.03. The van der Waals surface area contributed by atoms with Crippen molar-refractivity contribution in [2.45, 2.75) is 19.3 Å². The van der Waals surface area contributed by atoms with Crippen LogP contribution < -0.4 is 10.2 Å². The van der Waals surface area contributed by atoms with Crippen LogP contribution in [0.2, 0.25) is 0 Å². The van der Waals surface area contributed by atoms with Gasteiger partial charge in [0.15, 0.2) is 0 Å². The number of carbonyl (C=O) groups excluding carboxylic acids is 2. The Morgan fingerprint density at radius 2 is 2.09 bits per heavy atom. The minimum atomic E-state index is -0.222. The zero-order valence-corrected chi connectivity index (χ0v) is 12.2. The van der Waals surface area contributed by atoms with Gasteiger partial charge in [0.1, 0.15) is 6.26 Å². The number of anilines is 1. The summed E-state index contributed by atoms with van der Waals surface area (Å²) in [5.41, 5.74) is 2.68. The summed E-state index contributed by atoms with van der Waals surface area (Å²) in [4.78, 5) is 26.0. The van der Waals surface area contributed by atoms with Gasteiger partial charge in [0.2, 0.25) is 5.91 Å². The highest BCUT2D eigenvalue weighted by Crippen LogP contribution is 2.26. The van der Waals surface area contributed by atoms with Crippen molar-refractivity contribution in [1.82, 2.24) is 5.32 Å². The Morgan fingerprint density at radius 3 is 2.91 bits per heavy atom. The van der Waals surface area contributed by atoms with Crippen molar-refractivity contribution < 1.29 is 14.0 Å². The van der Waals surface area contributed by atoms with Crippen LogP contribution in [-0.2, 0) is 11.2 Å². The number of amides is 2. The number of fused-ring (bicyclic) bond motifs is 1. The fourth-order valence-electron chi connectivity index (χ4n) is 2.71. The van der Waals surface area contributed by atoms with Crippen molar-refractivity contribution in [3.63, 3.8) is 0 Å². The van der Waals surface area contributed by atoms with Crippen LogP contribution >= 0.6 is 0 Å². The van der Waals surface area contributed by atoms with Gasteiger partial charge in [-0.1, -0.05) is 18.2 Å². The number of para-hydroxylation sites is 1. The van der Waals surface area contributed by atoms with E-state index >= 15 is 0 Å². The van der Waals surface area contributed by atoms with Gasteiger partial charge in [0, 0.05) is 25.2 Å². The lowest BCUT2D eigenvalue weighted by Crippen LogP contribution is -2.37. The predicted molar refractivity (Wildman–Crippen MR) is 82.8 cm³/mol. The average molecular weight is 298 g/mol. The molecule has 0 radical (unpaired) electrons. The molecule has 0 fully saturated rings. The van der Waals surface area contributed by atoms with Crippen molar-refractivity contribution >= 4 is 17.5 Å². The van der Waals surface area contributed by atoms with Gasteiger partial charge in [-0.2, -0.15) is 0 Å². The van der Waals surface area contributed by atoms with Gasteiger partial charge in [-0.05, 0) is 30.5 Å². The van der Waals surface area contributed by atoms with Gasteiger partial charge in [0.05, 0.1) is 11.8 Å². The highest BCUT2D eigenvalue weighted by Gasteiger charge is 2.21. The van der Waals surface area contributed by atoms with Crippen molar-refractivity contribution in [2.24, 2.45) is 0 Å². The zero-order chi connectivity index (χ0) is 15.4. The van der Waals surface area contributed by atoms with E-state index in [9.17, 15) is 9.59 Å². The summed E-state index contributed by atoms with van der Waals surface area (Å²) in [5, 5.41) is 2.73. The molecule has 0 saturated heterocycles. The standard InChI is InChI=1S/C17H18N2O3/c20-16(7-9-18-17(21)14-8-11-22-12-14)19-10-3-5-13-4-1-2-6-15(13)19/h1-2,4,6,8,11-12H,3,5,7,9-10H2,(H,18,21). The second kappa shape index (κ2) is 6.47. The smallest absolute Gasteiger partial charge is 0.254 e. The molecule has 1 aromatic heterocycles. The lowest BCUT2D eigenvalue weighted by atomic mass is 10.0. The Bertz CT molecular complexity index is 664. The Hall–Kier alpha value is -2.56. The highest BCUT2D eigenvalue weighted by atomic mass is 16.3. The number of hydrogen-bond acceptors (Lipinski definition) is 3. The second-order valence-electron chi connectivity index (χ2n) is 5.30. The number of nitrogens with one attached hydrogen (secondary N) is 1. The van der Waals surface area contributed by atoms with E-state index in [1.807, 2.05) is 23.1 Å². The van der Waals surface area contributed by atoms with Gasteiger partial charge < -0.3 is 14.6 Å². The molecule has 22 heavy (non-hydrogen) atoms. The van der Waals surface area contributed by atoms with Gasteiger partial charge in [0.25, 0.3) is 5.91 Å². The lowest BCUT2D eigenvalue weighted by Gasteiger charge is -2.29. The average Bonchev–Trinajstić information content (AvgIpc) is 3.08. The number of aryl methyl sites for hydroxylation is 1. The van der Waals surface area contributed by atoms with Crippen LogP contribution in [-0.4, -0.2) is 24.9 Å². The number of rotatable bonds is 4. The molecular weight excluding hydrogens is 280 g/mol. The van der Waals surface area contributed by atoms with E-state index in [0.29, 0.717) is 12.1 Å². The van der Waals surface area contributed by atoms with E-state index < -0.39 is 0 Å². The molecule has 3 rings (SSSR count). The van der Waals surface area contributed by atoms with Crippen molar-refractivity contribution in [1.29, 1.82) is 0 Å². The van der Waals surface area contributed by atoms with Crippen molar-refractivity contribution in [2.75, 3.05) is 18.0 Å². The number of furan rings is 1. The van der Waals surface area contributed by atoms with Crippen molar-refractivity contribution in [3.05, 3.63) is 54.0 Å². The molecule has 5 heteroatoms. The molecule has 2 amide bonds. The maximum absolute atomic E-state index is 12.4. The van der Waals surface area contributed by atoms with Crippen LogP contribution in [0.3, 0.4) is 0 Å². The topological polar surface area (TPSA) is 62.6 Å². The summed E-state index contributed by atoms with van der Waals surface area (Å²) in [7, 11) is 0. The lowest BCUT2D eigenvalue weighted by molar-refractivity contribution is -0.118. The van der Waals surface area contributed by atoms with Gasteiger partial charge in [-0.25, -0.2) is 0 Å². The molecule has 1 aromatic carbocycles. The molecule has 1 aliphatic rings. The number of hydrogen-bond donors (Lipinski definition) is 1. The highest BCUT2D eigenvalue weighted by molar-refractivity contribution is 5.96. The number of benzene rings is 1. The first-order valence-electron chi connectivity index (χ1n) is 7.44. The van der Waals surface area contributed by atoms with E-state index in [4.69, 9.17) is 4.42 Å². The maximum Gasteiger partial charge on any atom is 0.254 e. The van der Waals surface area contributed by atoms with E-state index in [0.717, 1.165) is 25.1 Å². The van der Waals surface area contributed by atoms with Crippen LogP contribution in [0.25, 0.3) is 0 Å². The molecule has 2 heterocycles. The molecule has 2 aromatic rings. The van der Waals surface area contributed by atoms with Crippen LogP contribution in [0, 0.1) is 0 Å². The number of nitrogens with zero attached hydrogens (tertiary/aromatic N) is 1. The zero-order valence-electron chi connectivity index (χ0n) is 12.2. The maximum atomic E-state index is 12.4. The molecule has 0 aliphatic carbocycles. The molecule has 0 unspecified atom stereocenters. The minimum absolute atomic E-state index is 0.0413. The fraction of sp³-hybridized carbons (Fsp3) is 0.294. The molecule has 0 atom stereocenters. The Morgan fingerprint density at radius 1 is 1.23 bits per heavy atom. The quantitative estimate of drug-likeness (QED) is 0.942. The summed E-state index contributed by atoms with van der Waals surface area (Å²) in [6, 6.07) is 9.59. The van der Waals surface area contributed by atoms with Crippen molar-refractivity contribution in [3.8, 4) is 0 Å². The van der Waals surface area contributed by atoms with Gasteiger partial charge >= 0.3 is 0 Å². The first-order valence-corrected chi connectivity index (χ1v) is 7.44. The van der Waals surface area contributed by atoms with E-state index in [1.165, 1.54) is 18.1 Å². The monoisotopic (exact) mass is 298 g/mol. The van der Waals surface area contributed by atoms with Crippen LogP contribution in [0.5, 0.6) is 0 Å². The molecule has 1 N–H and O–H groups in total.